The Bertz CT molecular complexity index is 115. The molecule has 1 aromatic rings. The molecule has 0 radical (unpaired) electrons. The van der Waals surface area contributed by atoms with Crippen molar-refractivity contribution in [1.29, 1.82) is 0 Å². The molecule has 0 saturated carbocycles. The molecule has 0 aliphatic rings. The zero-order valence-electron chi connectivity index (χ0n) is 6.75. The minimum atomic E-state index is 0. The van der Waals surface area contributed by atoms with Crippen LogP contribution in [-0.2, 0) is 35.4 Å². The average molecular weight is 348 g/mol. The minimum Gasteiger partial charge on any atom is -0.545 e. The fourth-order valence-corrected chi connectivity index (χ4v) is 0.342. The molecule has 1 aromatic carbocycles. The molecule has 1 rings (SSSR count). The van der Waals surface area contributed by atoms with E-state index in [0.717, 1.165) is 0 Å². The number of rotatable bonds is 0. The third kappa shape index (κ3) is 35.9. The maximum absolute atomic E-state index is 7.75. The minimum absolute atomic E-state index is 0. The number of benzene rings is 1. The predicted molar refractivity (Wildman–Crippen MR) is 45.5 cm³/mol. The zero-order valence-corrected chi connectivity index (χ0v) is 9.69. The molecule has 0 unspecified atom stereocenters. The van der Waals surface area contributed by atoms with Gasteiger partial charge in [0.15, 0.2) is 0 Å². The van der Waals surface area contributed by atoms with Crippen molar-refractivity contribution in [1.82, 2.24) is 0 Å². The van der Waals surface area contributed by atoms with Crippen molar-refractivity contribution in [3.63, 3.8) is 0 Å². The van der Waals surface area contributed by atoms with Crippen molar-refractivity contribution in [2.24, 2.45) is 0 Å². The van der Waals surface area contributed by atoms with Gasteiger partial charge in [-0.15, -0.1) is 0 Å². The van der Waals surface area contributed by atoms with Gasteiger partial charge in [0, 0.05) is 21.1 Å². The van der Waals surface area contributed by atoms with Gasteiger partial charge in [-0.1, -0.05) is 0 Å². The summed E-state index contributed by atoms with van der Waals surface area (Å²) in [5.74, 6) is 0. The van der Waals surface area contributed by atoms with Crippen molar-refractivity contribution in [3.05, 3.63) is 36.4 Å². The van der Waals surface area contributed by atoms with E-state index in [4.69, 9.17) is 14.4 Å². The molecule has 3 nitrogen and oxygen atoms in total. The van der Waals surface area contributed by atoms with Crippen LogP contribution in [0.5, 0.6) is 0 Å². The summed E-state index contributed by atoms with van der Waals surface area (Å²) in [4.78, 5) is 23.2. The van der Waals surface area contributed by atoms with Crippen LogP contribution in [0.25, 0.3) is 0 Å². The molecule has 0 heterocycles. The maximum atomic E-state index is 7.75. The number of hydrogen-bond acceptors (Lipinski definition) is 3. The Balaban J connectivity index is -0.0000000508. The van der Waals surface area contributed by atoms with E-state index in [9.17, 15) is 0 Å². The second kappa shape index (κ2) is 44.4. The summed E-state index contributed by atoms with van der Waals surface area (Å²) in [6.45, 7) is 9.75. The van der Waals surface area contributed by atoms with Crippen LogP contribution in [0.15, 0.2) is 30.3 Å². The molecule has 0 saturated heterocycles. The third-order valence-electron chi connectivity index (χ3n) is 0.607. The molecule has 0 aromatic heterocycles. The van der Waals surface area contributed by atoms with Gasteiger partial charge >= 0.3 is 0 Å². The van der Waals surface area contributed by atoms with Crippen LogP contribution in [0.3, 0.4) is 0 Å². The standard InChI is InChI=1S/C6H5.3CHO.W/c1-2-4-6-5-3-1;3*1-2;/h1-5H;3*1H;/q4*-1;. The summed E-state index contributed by atoms with van der Waals surface area (Å²) in [7, 11) is 0. The van der Waals surface area contributed by atoms with Crippen molar-refractivity contribution in [2.75, 3.05) is 0 Å². The van der Waals surface area contributed by atoms with Gasteiger partial charge in [-0.2, -0.15) is 36.4 Å². The van der Waals surface area contributed by atoms with Crippen molar-refractivity contribution < 1.29 is 35.4 Å². The van der Waals surface area contributed by atoms with Gasteiger partial charge in [0.2, 0.25) is 0 Å². The Labute approximate surface area is 92.4 Å². The second-order valence-electron chi connectivity index (χ2n) is 1.08. The van der Waals surface area contributed by atoms with Gasteiger partial charge in [0.1, 0.15) is 0 Å². The van der Waals surface area contributed by atoms with E-state index in [2.05, 4.69) is 26.4 Å². The van der Waals surface area contributed by atoms with Crippen molar-refractivity contribution >= 4 is 20.4 Å². The molecule has 0 spiro atoms. The molecule has 4 heteroatoms. The van der Waals surface area contributed by atoms with E-state index in [1.54, 1.807) is 0 Å². The van der Waals surface area contributed by atoms with Gasteiger partial charge in [-0.25, -0.2) is 0 Å². The molecule has 0 bridgehead atoms. The molecule has 0 N–H and O–H groups in total. The van der Waals surface area contributed by atoms with Crippen molar-refractivity contribution in [3.8, 4) is 0 Å². The topological polar surface area (TPSA) is 51.2 Å². The summed E-state index contributed by atoms with van der Waals surface area (Å²) in [5, 5.41) is 0. The molecule has 13 heavy (non-hydrogen) atoms. The Morgan fingerprint density at radius 1 is 0.692 bits per heavy atom. The van der Waals surface area contributed by atoms with E-state index < -0.39 is 0 Å². The van der Waals surface area contributed by atoms with E-state index >= 15 is 0 Å². The normalized spacial score (nSPS) is 4.62. The van der Waals surface area contributed by atoms with E-state index in [1.807, 2.05) is 30.3 Å². The molecule has 0 aliphatic heterocycles. The van der Waals surface area contributed by atoms with Gasteiger partial charge < -0.3 is 14.4 Å². The molecule has 0 aliphatic carbocycles. The summed E-state index contributed by atoms with van der Waals surface area (Å²) in [6, 6.07) is 12.5. The molecular formula is C9H8O3W-4. The smallest absolute Gasteiger partial charge is 0 e. The van der Waals surface area contributed by atoms with E-state index in [-0.39, 0.29) is 21.1 Å². The Morgan fingerprint density at radius 3 is 1.08 bits per heavy atom. The summed E-state index contributed by atoms with van der Waals surface area (Å²) in [6.07, 6.45) is 0. The SMILES string of the molecule is [CH-]=O.[CH-]=O.[CH-]=O.[W].[c-]1ccccc1. The van der Waals surface area contributed by atoms with Crippen LogP contribution in [-0.4, -0.2) is 20.4 Å². The first-order valence-electron chi connectivity index (χ1n) is 2.62. The van der Waals surface area contributed by atoms with Gasteiger partial charge in [0.05, 0.1) is 0 Å². The first-order chi connectivity index (χ1) is 6.00. The van der Waals surface area contributed by atoms with Crippen LogP contribution in [0.2, 0.25) is 0 Å². The number of hydrogen-bond donors (Lipinski definition) is 0. The fourth-order valence-electron chi connectivity index (χ4n) is 0.342. The molecule has 72 valence electrons. The summed E-state index contributed by atoms with van der Waals surface area (Å²) in [5.41, 5.74) is 0. The largest absolute Gasteiger partial charge is 0.545 e. The predicted octanol–water partition coefficient (Wildman–Crippen LogP) is 0.662. The summed E-state index contributed by atoms with van der Waals surface area (Å²) < 4.78 is 0. The molecular weight excluding hydrogens is 340 g/mol. The van der Waals surface area contributed by atoms with E-state index in [0.29, 0.717) is 0 Å². The molecule has 0 atom stereocenters. The maximum Gasteiger partial charge on any atom is 0 e. The zero-order chi connectivity index (χ0) is 10.2. The molecule has 0 amide bonds. The van der Waals surface area contributed by atoms with Gasteiger partial charge in [-0.05, 0) is 0 Å². The van der Waals surface area contributed by atoms with E-state index in [1.165, 1.54) is 0 Å². The number of carbonyl (C=O) groups excluding carboxylic acids is 3. The Kier molecular flexibility index (Phi) is 77.4. The van der Waals surface area contributed by atoms with Crippen LogP contribution in [0.4, 0.5) is 0 Å². The quantitative estimate of drug-likeness (QED) is 0.512. The second-order valence-corrected chi connectivity index (χ2v) is 1.08. The van der Waals surface area contributed by atoms with Crippen LogP contribution < -0.4 is 0 Å². The van der Waals surface area contributed by atoms with Gasteiger partial charge in [0.25, 0.3) is 0 Å². The Morgan fingerprint density at radius 2 is 1.00 bits per heavy atom. The third-order valence-corrected chi connectivity index (χ3v) is 0.607. The van der Waals surface area contributed by atoms with Crippen LogP contribution in [0.1, 0.15) is 0 Å². The first-order valence-corrected chi connectivity index (χ1v) is 2.62. The average Bonchev–Trinajstić information content (AvgIpc) is 2.29. The first kappa shape index (κ1) is 22.7. The summed E-state index contributed by atoms with van der Waals surface area (Å²) >= 11 is 0. The van der Waals surface area contributed by atoms with Gasteiger partial charge in [-0.3, -0.25) is 20.4 Å². The monoisotopic (exact) mass is 348 g/mol. The van der Waals surface area contributed by atoms with Crippen molar-refractivity contribution in [2.45, 2.75) is 0 Å². The van der Waals surface area contributed by atoms with Crippen LogP contribution in [0, 0.1) is 6.07 Å². The fraction of sp³-hybridized carbons (Fsp3) is 0. The Hall–Kier alpha value is -1.08. The molecule has 0 fully saturated rings. The van der Waals surface area contributed by atoms with Crippen LogP contribution >= 0.6 is 0 Å².